The standard InChI is InChI=1S/C19H25ClN2O5/c1-19(2,3)13-6-4-12(5-7-13)18(24)27-11-17(23)21-14-8-9-15(20)16(10-14)22(25)26/h8-10,12-13H,4-7,11H2,1-3H3,(H,21,23). The Kier molecular flexibility index (Phi) is 6.81. The monoisotopic (exact) mass is 396 g/mol. The van der Waals surface area contributed by atoms with E-state index in [1.54, 1.807) is 0 Å². The number of nitro benzene ring substituents is 1. The lowest BCUT2D eigenvalue weighted by Crippen LogP contribution is -2.31. The SMILES string of the molecule is CC(C)(C)C1CCC(C(=O)OCC(=O)Nc2ccc(Cl)c([N+](=O)[O-])c2)CC1. The van der Waals surface area contributed by atoms with Crippen LogP contribution in [0, 0.1) is 27.4 Å². The average Bonchev–Trinajstić information content (AvgIpc) is 2.60. The number of nitrogens with one attached hydrogen (secondary N) is 1. The summed E-state index contributed by atoms with van der Waals surface area (Å²) in [5.74, 6) is -0.499. The molecule has 2 rings (SSSR count). The maximum atomic E-state index is 12.2. The first kappa shape index (κ1) is 21.2. The van der Waals surface area contributed by atoms with E-state index in [2.05, 4.69) is 26.1 Å². The van der Waals surface area contributed by atoms with E-state index in [0.717, 1.165) is 31.7 Å². The van der Waals surface area contributed by atoms with Crippen molar-refractivity contribution >= 4 is 34.9 Å². The van der Waals surface area contributed by atoms with Crippen molar-refractivity contribution < 1.29 is 19.2 Å². The Morgan fingerprint density at radius 1 is 1.26 bits per heavy atom. The number of hydrogen-bond acceptors (Lipinski definition) is 5. The summed E-state index contributed by atoms with van der Waals surface area (Å²) in [6.45, 7) is 6.21. The lowest BCUT2D eigenvalue weighted by molar-refractivity contribution is -0.384. The normalized spacial score (nSPS) is 20.0. The van der Waals surface area contributed by atoms with Crippen molar-refractivity contribution in [2.45, 2.75) is 46.5 Å². The third kappa shape index (κ3) is 5.92. The quantitative estimate of drug-likeness (QED) is 0.446. The van der Waals surface area contributed by atoms with Gasteiger partial charge in [-0.3, -0.25) is 19.7 Å². The van der Waals surface area contributed by atoms with Gasteiger partial charge in [0.15, 0.2) is 6.61 Å². The minimum atomic E-state index is -0.633. The van der Waals surface area contributed by atoms with Gasteiger partial charge in [0.1, 0.15) is 5.02 Å². The second-order valence-corrected chi connectivity index (χ2v) is 8.40. The number of amides is 1. The highest BCUT2D eigenvalue weighted by molar-refractivity contribution is 6.32. The van der Waals surface area contributed by atoms with Crippen molar-refractivity contribution in [2.24, 2.45) is 17.3 Å². The Balaban J connectivity index is 1.81. The van der Waals surface area contributed by atoms with E-state index < -0.39 is 17.4 Å². The molecule has 1 saturated carbocycles. The molecule has 0 bridgehead atoms. The fourth-order valence-electron chi connectivity index (χ4n) is 3.38. The molecule has 27 heavy (non-hydrogen) atoms. The molecule has 0 unspecified atom stereocenters. The van der Waals surface area contributed by atoms with Crippen molar-refractivity contribution in [3.05, 3.63) is 33.3 Å². The molecule has 148 valence electrons. The molecule has 1 aromatic rings. The van der Waals surface area contributed by atoms with Crippen LogP contribution in [0.5, 0.6) is 0 Å². The molecule has 1 aromatic carbocycles. The van der Waals surface area contributed by atoms with E-state index in [9.17, 15) is 19.7 Å². The Morgan fingerprint density at radius 2 is 1.89 bits per heavy atom. The Morgan fingerprint density at radius 3 is 2.44 bits per heavy atom. The predicted molar refractivity (Wildman–Crippen MR) is 103 cm³/mol. The van der Waals surface area contributed by atoms with Gasteiger partial charge in [0.05, 0.1) is 10.8 Å². The summed E-state index contributed by atoms with van der Waals surface area (Å²) in [4.78, 5) is 34.4. The topological polar surface area (TPSA) is 98.5 Å². The zero-order chi connectivity index (χ0) is 20.2. The molecule has 0 radical (unpaired) electrons. The number of ether oxygens (including phenoxy) is 1. The van der Waals surface area contributed by atoms with Gasteiger partial charge in [-0.1, -0.05) is 32.4 Å². The zero-order valence-corrected chi connectivity index (χ0v) is 16.5. The number of carbonyl (C=O) groups excluding carboxylic acids is 2. The highest BCUT2D eigenvalue weighted by Crippen LogP contribution is 2.40. The summed E-state index contributed by atoms with van der Waals surface area (Å²) in [5, 5.41) is 13.3. The molecule has 1 aliphatic rings. The highest BCUT2D eigenvalue weighted by Gasteiger charge is 2.33. The molecule has 1 aliphatic carbocycles. The van der Waals surface area contributed by atoms with Crippen LogP contribution >= 0.6 is 11.6 Å². The molecule has 0 atom stereocenters. The fraction of sp³-hybridized carbons (Fsp3) is 0.579. The first-order chi connectivity index (χ1) is 12.6. The third-order valence-corrected chi connectivity index (χ3v) is 5.38. The molecular weight excluding hydrogens is 372 g/mol. The number of nitrogens with zero attached hydrogens (tertiary/aromatic N) is 1. The van der Waals surface area contributed by atoms with Crippen molar-refractivity contribution in [2.75, 3.05) is 11.9 Å². The summed E-state index contributed by atoms with van der Waals surface area (Å²) in [7, 11) is 0. The van der Waals surface area contributed by atoms with Crippen LogP contribution in [0.3, 0.4) is 0 Å². The second kappa shape index (κ2) is 8.69. The summed E-state index contributed by atoms with van der Waals surface area (Å²) < 4.78 is 5.13. The lowest BCUT2D eigenvalue weighted by Gasteiger charge is -2.36. The molecule has 0 saturated heterocycles. The first-order valence-corrected chi connectivity index (χ1v) is 9.36. The van der Waals surface area contributed by atoms with E-state index in [-0.39, 0.29) is 33.7 Å². The molecule has 0 spiro atoms. The lowest BCUT2D eigenvalue weighted by atomic mass is 9.70. The van der Waals surface area contributed by atoms with Crippen LogP contribution in [0.15, 0.2) is 18.2 Å². The average molecular weight is 397 g/mol. The fourth-order valence-corrected chi connectivity index (χ4v) is 3.56. The number of rotatable bonds is 5. The van der Waals surface area contributed by atoms with Crippen molar-refractivity contribution in [1.29, 1.82) is 0 Å². The first-order valence-electron chi connectivity index (χ1n) is 8.98. The zero-order valence-electron chi connectivity index (χ0n) is 15.8. The van der Waals surface area contributed by atoms with Crippen LogP contribution < -0.4 is 5.32 Å². The number of nitro groups is 1. The molecule has 0 aromatic heterocycles. The van der Waals surface area contributed by atoms with Crippen LogP contribution in [-0.4, -0.2) is 23.4 Å². The largest absolute Gasteiger partial charge is 0.455 e. The summed E-state index contributed by atoms with van der Waals surface area (Å²) in [6.07, 6.45) is 3.49. The molecule has 1 N–H and O–H groups in total. The molecule has 7 nitrogen and oxygen atoms in total. The minimum Gasteiger partial charge on any atom is -0.455 e. The van der Waals surface area contributed by atoms with Crippen LogP contribution in [0.25, 0.3) is 0 Å². The Hall–Kier alpha value is -2.15. The number of esters is 1. The van der Waals surface area contributed by atoms with Crippen LogP contribution in [-0.2, 0) is 14.3 Å². The van der Waals surface area contributed by atoms with Gasteiger partial charge in [0.25, 0.3) is 11.6 Å². The molecule has 1 fully saturated rings. The molecular formula is C19H25ClN2O5. The third-order valence-electron chi connectivity index (χ3n) is 5.06. The minimum absolute atomic E-state index is 0.0183. The van der Waals surface area contributed by atoms with Crippen LogP contribution in [0.4, 0.5) is 11.4 Å². The van der Waals surface area contributed by atoms with Crippen molar-refractivity contribution in [1.82, 2.24) is 0 Å². The number of anilines is 1. The maximum Gasteiger partial charge on any atom is 0.309 e. The van der Waals surface area contributed by atoms with Gasteiger partial charge in [-0.25, -0.2) is 0 Å². The Bertz CT molecular complexity index is 721. The summed E-state index contributed by atoms with van der Waals surface area (Å²) >= 11 is 5.73. The van der Waals surface area contributed by atoms with Crippen LogP contribution in [0.2, 0.25) is 5.02 Å². The second-order valence-electron chi connectivity index (χ2n) is 7.99. The van der Waals surface area contributed by atoms with Gasteiger partial charge in [-0.15, -0.1) is 0 Å². The number of hydrogen-bond donors (Lipinski definition) is 1. The van der Waals surface area contributed by atoms with Gasteiger partial charge >= 0.3 is 5.97 Å². The Labute approximate surface area is 163 Å². The van der Waals surface area contributed by atoms with Gasteiger partial charge in [0, 0.05) is 11.8 Å². The van der Waals surface area contributed by atoms with E-state index in [1.807, 2.05) is 0 Å². The molecule has 0 heterocycles. The summed E-state index contributed by atoms with van der Waals surface area (Å²) in [5.41, 5.74) is 0.149. The maximum absolute atomic E-state index is 12.2. The van der Waals surface area contributed by atoms with Gasteiger partial charge in [-0.2, -0.15) is 0 Å². The number of carbonyl (C=O) groups is 2. The molecule has 0 aliphatic heterocycles. The van der Waals surface area contributed by atoms with Gasteiger partial charge in [0.2, 0.25) is 0 Å². The highest BCUT2D eigenvalue weighted by atomic mass is 35.5. The molecule has 1 amide bonds. The van der Waals surface area contributed by atoms with E-state index in [0.29, 0.717) is 5.92 Å². The van der Waals surface area contributed by atoms with Crippen LogP contribution in [0.1, 0.15) is 46.5 Å². The van der Waals surface area contributed by atoms with Gasteiger partial charge in [-0.05, 0) is 49.1 Å². The van der Waals surface area contributed by atoms with E-state index in [4.69, 9.17) is 16.3 Å². The van der Waals surface area contributed by atoms with E-state index in [1.165, 1.54) is 12.1 Å². The summed E-state index contributed by atoms with van der Waals surface area (Å²) in [6, 6.07) is 3.94. The van der Waals surface area contributed by atoms with Gasteiger partial charge < -0.3 is 10.1 Å². The van der Waals surface area contributed by atoms with Crippen molar-refractivity contribution in [3.63, 3.8) is 0 Å². The smallest absolute Gasteiger partial charge is 0.309 e. The van der Waals surface area contributed by atoms with Crippen molar-refractivity contribution in [3.8, 4) is 0 Å². The molecule has 8 heteroatoms. The van der Waals surface area contributed by atoms with E-state index >= 15 is 0 Å². The number of benzene rings is 1. The predicted octanol–water partition coefficient (Wildman–Crippen LogP) is 4.58. The number of halogens is 1.